The Hall–Kier alpha value is -0.0800. The molecular formula is C12H23NO. The predicted octanol–water partition coefficient (Wildman–Crippen LogP) is 2.32. The Morgan fingerprint density at radius 1 is 1.21 bits per heavy atom. The van der Waals surface area contributed by atoms with E-state index in [9.17, 15) is 0 Å². The molecule has 1 saturated heterocycles. The highest BCUT2D eigenvalue weighted by atomic mass is 16.5. The molecule has 2 aliphatic rings. The third kappa shape index (κ3) is 1.96. The summed E-state index contributed by atoms with van der Waals surface area (Å²) in [5.41, 5.74) is 6.10. The fourth-order valence-electron chi connectivity index (χ4n) is 3.24. The normalized spacial score (nSPS) is 44.1. The zero-order valence-electron chi connectivity index (χ0n) is 9.24. The van der Waals surface area contributed by atoms with Gasteiger partial charge in [-0.25, -0.2) is 0 Å². The molecule has 0 radical (unpaired) electrons. The van der Waals surface area contributed by atoms with E-state index in [0.717, 1.165) is 24.9 Å². The Morgan fingerprint density at radius 2 is 2.00 bits per heavy atom. The van der Waals surface area contributed by atoms with Crippen LogP contribution < -0.4 is 5.73 Å². The molecule has 0 bridgehead atoms. The second kappa shape index (κ2) is 4.63. The molecule has 4 atom stereocenters. The molecule has 4 unspecified atom stereocenters. The fraction of sp³-hybridized carbons (Fsp3) is 1.00. The van der Waals surface area contributed by atoms with Gasteiger partial charge in [-0.05, 0) is 24.7 Å². The van der Waals surface area contributed by atoms with Gasteiger partial charge in [0.25, 0.3) is 0 Å². The third-order valence-electron chi connectivity index (χ3n) is 4.10. The summed E-state index contributed by atoms with van der Waals surface area (Å²) >= 11 is 0. The molecule has 2 fully saturated rings. The van der Waals surface area contributed by atoms with Crippen LogP contribution in [0.3, 0.4) is 0 Å². The molecule has 1 aliphatic carbocycles. The van der Waals surface area contributed by atoms with Gasteiger partial charge in [-0.1, -0.05) is 32.6 Å². The first-order chi connectivity index (χ1) is 6.83. The summed E-state index contributed by atoms with van der Waals surface area (Å²) in [6.45, 7) is 3.20. The minimum absolute atomic E-state index is 0.312. The maximum atomic E-state index is 6.10. The monoisotopic (exact) mass is 197 g/mol. The van der Waals surface area contributed by atoms with E-state index < -0.39 is 0 Å². The van der Waals surface area contributed by atoms with E-state index in [1.807, 2.05) is 0 Å². The molecule has 1 saturated carbocycles. The lowest BCUT2D eigenvalue weighted by molar-refractivity contribution is 0.0129. The van der Waals surface area contributed by atoms with E-state index in [1.165, 1.54) is 32.1 Å². The standard InChI is InChI=1S/C12H23NO/c1-2-9-5-3-4-6-10(9)12-11(13)7-8-14-12/h9-12H,2-8,13H2,1H3. The second-order valence-electron chi connectivity index (χ2n) is 4.90. The van der Waals surface area contributed by atoms with Crippen molar-refractivity contribution in [2.24, 2.45) is 17.6 Å². The number of nitrogens with two attached hydrogens (primary N) is 1. The van der Waals surface area contributed by atoms with Crippen molar-refractivity contribution >= 4 is 0 Å². The number of ether oxygens (including phenoxy) is 1. The van der Waals surface area contributed by atoms with Crippen LogP contribution in [-0.4, -0.2) is 18.8 Å². The SMILES string of the molecule is CCC1CCCCC1C1OCCC1N. The van der Waals surface area contributed by atoms with Crippen molar-refractivity contribution in [3.8, 4) is 0 Å². The maximum absolute atomic E-state index is 6.10. The van der Waals surface area contributed by atoms with Crippen molar-refractivity contribution in [2.45, 2.75) is 57.6 Å². The molecule has 0 spiro atoms. The average Bonchev–Trinajstić information content (AvgIpc) is 2.64. The number of hydrogen-bond donors (Lipinski definition) is 1. The summed E-state index contributed by atoms with van der Waals surface area (Å²) in [6.07, 6.45) is 8.28. The predicted molar refractivity (Wildman–Crippen MR) is 58.1 cm³/mol. The molecule has 1 heterocycles. The number of hydrogen-bond acceptors (Lipinski definition) is 2. The lowest BCUT2D eigenvalue weighted by atomic mass is 9.73. The van der Waals surface area contributed by atoms with Crippen molar-refractivity contribution in [2.75, 3.05) is 6.61 Å². The Kier molecular flexibility index (Phi) is 3.45. The topological polar surface area (TPSA) is 35.2 Å². The van der Waals surface area contributed by atoms with E-state index in [0.29, 0.717) is 12.1 Å². The highest BCUT2D eigenvalue weighted by Crippen LogP contribution is 2.38. The highest BCUT2D eigenvalue weighted by molar-refractivity contribution is 4.89. The van der Waals surface area contributed by atoms with Gasteiger partial charge < -0.3 is 10.5 Å². The lowest BCUT2D eigenvalue weighted by Gasteiger charge is -2.36. The molecule has 0 amide bonds. The van der Waals surface area contributed by atoms with Crippen LogP contribution >= 0.6 is 0 Å². The van der Waals surface area contributed by atoms with E-state index in [2.05, 4.69) is 6.92 Å². The second-order valence-corrected chi connectivity index (χ2v) is 4.90. The van der Waals surface area contributed by atoms with Crippen LogP contribution in [0.25, 0.3) is 0 Å². The molecule has 2 rings (SSSR count). The molecule has 2 heteroatoms. The van der Waals surface area contributed by atoms with Crippen molar-refractivity contribution in [1.29, 1.82) is 0 Å². The van der Waals surface area contributed by atoms with Gasteiger partial charge in [0, 0.05) is 12.6 Å². The van der Waals surface area contributed by atoms with E-state index in [-0.39, 0.29) is 0 Å². The smallest absolute Gasteiger partial charge is 0.0757 e. The summed E-state index contributed by atoms with van der Waals surface area (Å²) < 4.78 is 5.81. The molecule has 0 aromatic heterocycles. The molecule has 2 nitrogen and oxygen atoms in total. The molecular weight excluding hydrogens is 174 g/mol. The van der Waals surface area contributed by atoms with Crippen molar-refractivity contribution in [1.82, 2.24) is 0 Å². The van der Waals surface area contributed by atoms with Crippen LogP contribution in [0, 0.1) is 11.8 Å². The van der Waals surface area contributed by atoms with Gasteiger partial charge >= 0.3 is 0 Å². The number of rotatable bonds is 2. The van der Waals surface area contributed by atoms with Crippen molar-refractivity contribution < 1.29 is 4.74 Å². The largest absolute Gasteiger partial charge is 0.376 e. The van der Waals surface area contributed by atoms with Crippen LogP contribution in [-0.2, 0) is 4.74 Å². The summed E-state index contributed by atoms with van der Waals surface area (Å²) in [7, 11) is 0. The van der Waals surface area contributed by atoms with Gasteiger partial charge in [0.2, 0.25) is 0 Å². The Morgan fingerprint density at radius 3 is 2.64 bits per heavy atom. The Bertz CT molecular complexity index is 183. The lowest BCUT2D eigenvalue weighted by Crippen LogP contribution is -2.40. The Labute approximate surface area is 87.2 Å². The first-order valence-corrected chi connectivity index (χ1v) is 6.20. The molecule has 0 aromatic carbocycles. The molecule has 2 N–H and O–H groups in total. The van der Waals surface area contributed by atoms with Gasteiger partial charge in [-0.2, -0.15) is 0 Å². The van der Waals surface area contributed by atoms with Gasteiger partial charge in [0.05, 0.1) is 6.10 Å². The van der Waals surface area contributed by atoms with Crippen molar-refractivity contribution in [3.63, 3.8) is 0 Å². The summed E-state index contributed by atoms with van der Waals surface area (Å²) in [5.74, 6) is 1.63. The quantitative estimate of drug-likeness (QED) is 0.737. The van der Waals surface area contributed by atoms with Gasteiger partial charge in [0.15, 0.2) is 0 Å². The van der Waals surface area contributed by atoms with Gasteiger partial charge in [-0.3, -0.25) is 0 Å². The van der Waals surface area contributed by atoms with Crippen LogP contribution in [0.2, 0.25) is 0 Å². The third-order valence-corrected chi connectivity index (χ3v) is 4.10. The Balaban J connectivity index is 1.99. The van der Waals surface area contributed by atoms with Crippen LogP contribution in [0.15, 0.2) is 0 Å². The van der Waals surface area contributed by atoms with Crippen LogP contribution in [0.4, 0.5) is 0 Å². The van der Waals surface area contributed by atoms with E-state index in [4.69, 9.17) is 10.5 Å². The van der Waals surface area contributed by atoms with E-state index in [1.54, 1.807) is 0 Å². The zero-order valence-corrected chi connectivity index (χ0v) is 9.24. The minimum Gasteiger partial charge on any atom is -0.376 e. The van der Waals surface area contributed by atoms with Crippen LogP contribution in [0.1, 0.15) is 45.4 Å². The summed E-state index contributed by atoms with van der Waals surface area (Å²) in [5, 5.41) is 0. The van der Waals surface area contributed by atoms with Gasteiger partial charge in [-0.15, -0.1) is 0 Å². The molecule has 14 heavy (non-hydrogen) atoms. The molecule has 82 valence electrons. The maximum Gasteiger partial charge on any atom is 0.0757 e. The van der Waals surface area contributed by atoms with Crippen LogP contribution in [0.5, 0.6) is 0 Å². The summed E-state index contributed by atoms with van der Waals surface area (Å²) in [4.78, 5) is 0. The van der Waals surface area contributed by atoms with Gasteiger partial charge in [0.1, 0.15) is 0 Å². The van der Waals surface area contributed by atoms with Crippen molar-refractivity contribution in [3.05, 3.63) is 0 Å². The first-order valence-electron chi connectivity index (χ1n) is 6.20. The first kappa shape index (κ1) is 10.4. The molecule has 1 aliphatic heterocycles. The minimum atomic E-state index is 0.312. The average molecular weight is 197 g/mol. The zero-order chi connectivity index (χ0) is 9.97. The van der Waals surface area contributed by atoms with E-state index >= 15 is 0 Å². The highest BCUT2D eigenvalue weighted by Gasteiger charge is 2.37. The summed E-state index contributed by atoms with van der Waals surface area (Å²) in [6, 6.07) is 0.312. The fourth-order valence-corrected chi connectivity index (χ4v) is 3.24. The molecule has 0 aromatic rings.